The molecule has 276 valence electrons. The number of benzene rings is 4. The van der Waals surface area contributed by atoms with Crippen molar-refractivity contribution in [1.29, 1.82) is 0 Å². The monoisotopic (exact) mass is 860 g/mol. The van der Waals surface area contributed by atoms with Crippen molar-refractivity contribution in [2.24, 2.45) is 0 Å². The summed E-state index contributed by atoms with van der Waals surface area (Å²) in [6.07, 6.45) is 14.4. The van der Waals surface area contributed by atoms with Gasteiger partial charge >= 0.3 is 0 Å². The number of hydrogen-bond donors (Lipinski definition) is 0. The molecule has 0 spiro atoms. The van der Waals surface area contributed by atoms with E-state index in [4.69, 9.17) is 36.0 Å². The second-order valence-corrected chi connectivity index (χ2v) is 19.1. The predicted octanol–water partition coefficient (Wildman–Crippen LogP) is 16.0. The summed E-state index contributed by atoms with van der Waals surface area (Å²) in [6, 6.07) is 24.5. The lowest BCUT2D eigenvalue weighted by atomic mass is 9.86. The third-order valence-electron chi connectivity index (χ3n) is 8.14. The summed E-state index contributed by atoms with van der Waals surface area (Å²) >= 11 is 18.8. The fourth-order valence-electron chi connectivity index (χ4n) is 4.54. The minimum atomic E-state index is 0.121. The zero-order chi connectivity index (χ0) is 40.2. The summed E-state index contributed by atoms with van der Waals surface area (Å²) in [5.74, 6) is 5.24. The maximum absolute atomic E-state index is 5.98. The first-order chi connectivity index (χ1) is 23.8. The van der Waals surface area contributed by atoms with Gasteiger partial charge in [-0.25, -0.2) is 0 Å². The van der Waals surface area contributed by atoms with E-state index < -0.39 is 0 Å². The molecule has 4 rings (SSSR count). The van der Waals surface area contributed by atoms with Crippen molar-refractivity contribution in [3.05, 3.63) is 149 Å². The highest BCUT2D eigenvalue weighted by atomic mass is 79.9. The largest absolute Gasteiger partial charge is 0.115 e. The molecule has 0 heterocycles. The van der Waals surface area contributed by atoms with Crippen LogP contribution in [0, 0.1) is 24.7 Å². The summed E-state index contributed by atoms with van der Waals surface area (Å²) < 4.78 is 2.10. The van der Waals surface area contributed by atoms with E-state index in [0.717, 1.165) is 36.2 Å². The van der Waals surface area contributed by atoms with E-state index in [-0.39, 0.29) is 21.7 Å². The van der Waals surface area contributed by atoms with Crippen LogP contribution >= 0.6 is 55.1 Å². The minimum Gasteiger partial charge on any atom is -0.115 e. The molecule has 0 atom stereocenters. The quantitative estimate of drug-likeness (QED) is 0.176. The van der Waals surface area contributed by atoms with Gasteiger partial charge in [0.2, 0.25) is 0 Å². The van der Waals surface area contributed by atoms with Gasteiger partial charge in [-0.05, 0) is 113 Å². The normalized spacial score (nSPS) is 11.2. The van der Waals surface area contributed by atoms with Gasteiger partial charge in [0.05, 0.1) is 5.02 Å². The zero-order valence-electron chi connectivity index (χ0n) is 33.2. The zero-order valence-corrected chi connectivity index (χ0v) is 37.8. The van der Waals surface area contributed by atoms with E-state index in [9.17, 15) is 0 Å². The van der Waals surface area contributed by atoms with Crippen molar-refractivity contribution >= 4 is 67.2 Å². The first kappa shape index (κ1) is 47.0. The van der Waals surface area contributed by atoms with Crippen LogP contribution in [0.25, 0.3) is 12.2 Å². The van der Waals surface area contributed by atoms with Crippen LogP contribution in [0.15, 0.2) is 94.9 Å². The van der Waals surface area contributed by atoms with E-state index in [1.807, 2.05) is 36.4 Å². The van der Waals surface area contributed by atoms with Crippen LogP contribution in [-0.2, 0) is 21.7 Å². The number of hydrogen-bond acceptors (Lipinski definition) is 0. The van der Waals surface area contributed by atoms with E-state index in [1.165, 1.54) is 22.3 Å². The van der Waals surface area contributed by atoms with Crippen LogP contribution < -0.4 is 0 Å². The Balaban J connectivity index is 0.000000347. The Labute approximate surface area is 343 Å². The Hall–Kier alpha value is -2.98. The third-order valence-corrected chi connectivity index (χ3v) is 10.2. The Morgan fingerprint density at radius 1 is 0.481 bits per heavy atom. The molecule has 0 aliphatic carbocycles. The topological polar surface area (TPSA) is 0 Å². The van der Waals surface area contributed by atoms with Crippen LogP contribution in [0.3, 0.4) is 0 Å². The van der Waals surface area contributed by atoms with E-state index in [1.54, 1.807) is 6.08 Å². The van der Waals surface area contributed by atoms with E-state index in [0.29, 0.717) is 5.02 Å². The van der Waals surface area contributed by atoms with Crippen LogP contribution in [0.1, 0.15) is 128 Å². The van der Waals surface area contributed by atoms with Crippen molar-refractivity contribution < 1.29 is 0 Å². The molecule has 0 radical (unpaired) electrons. The fourth-order valence-corrected chi connectivity index (χ4v) is 5.67. The lowest BCUT2D eigenvalue weighted by Gasteiger charge is -2.19. The van der Waals surface area contributed by atoms with Crippen LogP contribution in [-0.4, -0.2) is 0 Å². The van der Waals surface area contributed by atoms with Crippen LogP contribution in [0.5, 0.6) is 0 Å². The van der Waals surface area contributed by atoms with Crippen LogP contribution in [0.4, 0.5) is 0 Å². The maximum Gasteiger partial charge on any atom is 0.0562 e. The Bertz CT molecular complexity index is 1760. The van der Waals surface area contributed by atoms with Gasteiger partial charge in [0.25, 0.3) is 0 Å². The highest BCUT2D eigenvalue weighted by Crippen LogP contribution is 2.30. The predicted molar refractivity (Wildman–Crippen MR) is 242 cm³/mol. The fraction of sp³-hybridized carbons (Fsp3) is 0.333. The van der Waals surface area contributed by atoms with Crippen molar-refractivity contribution in [3.63, 3.8) is 0 Å². The average molecular weight is 864 g/mol. The molecule has 4 aromatic carbocycles. The first-order valence-electron chi connectivity index (χ1n) is 17.2. The van der Waals surface area contributed by atoms with Gasteiger partial charge in [-0.1, -0.05) is 190 Å². The van der Waals surface area contributed by atoms with E-state index >= 15 is 0 Å². The summed E-state index contributed by atoms with van der Waals surface area (Å²) in [7, 11) is 0. The SMILES string of the molecule is C#Cc1cc(C(C)(C)C)ccc1Br.C#Cc1cc(C(C)(C)C)ccc1Cl.C=Cc1cc(C(C)(C)C)ccc1Br.C=Cc1cc(C(C)(C)C)ccc1Cl. The van der Waals surface area contributed by atoms with Gasteiger partial charge in [-0.15, -0.1) is 12.8 Å². The van der Waals surface area contributed by atoms with Gasteiger partial charge in [-0.3, -0.25) is 0 Å². The minimum absolute atomic E-state index is 0.121. The molecule has 0 nitrogen and oxygen atoms in total. The Morgan fingerprint density at radius 2 is 0.808 bits per heavy atom. The van der Waals surface area contributed by atoms with Gasteiger partial charge < -0.3 is 0 Å². The standard InChI is InChI=1S/C12H15Br.C12H13Br.C12H15Cl.C12H13Cl/c4*1-5-9-8-10(12(2,3)4)6-7-11(9)13/h5-8H,1H2,2-4H3;1,6-8H,2-4H3;5-8H,1H2,2-4H3;1,6-8H,2-4H3. The van der Waals surface area contributed by atoms with Crippen molar-refractivity contribution in [2.75, 3.05) is 0 Å². The van der Waals surface area contributed by atoms with Gasteiger partial charge in [-0.2, -0.15) is 0 Å². The van der Waals surface area contributed by atoms with E-state index in [2.05, 4.69) is 182 Å². The first-order valence-corrected chi connectivity index (χ1v) is 19.5. The second-order valence-electron chi connectivity index (χ2n) is 16.6. The Kier molecular flexibility index (Phi) is 18.0. The molecule has 0 bridgehead atoms. The molecule has 0 saturated carbocycles. The molecule has 0 aromatic heterocycles. The molecule has 0 aliphatic heterocycles. The highest BCUT2D eigenvalue weighted by Gasteiger charge is 2.17. The summed E-state index contributed by atoms with van der Waals surface area (Å²) in [5.41, 5.74) is 9.62. The summed E-state index contributed by atoms with van der Waals surface area (Å²) in [4.78, 5) is 0. The molecule has 0 fully saturated rings. The number of terminal acetylenes is 2. The summed E-state index contributed by atoms with van der Waals surface area (Å²) in [5, 5.41) is 1.42. The van der Waals surface area contributed by atoms with Crippen molar-refractivity contribution in [1.82, 2.24) is 0 Å². The van der Waals surface area contributed by atoms with Gasteiger partial charge in [0, 0.05) is 25.1 Å². The summed E-state index contributed by atoms with van der Waals surface area (Å²) in [6.45, 7) is 33.7. The molecule has 0 saturated heterocycles. The molecule has 0 aliphatic rings. The molecule has 4 heteroatoms. The number of halogens is 4. The van der Waals surface area contributed by atoms with Gasteiger partial charge in [0.15, 0.2) is 0 Å². The van der Waals surface area contributed by atoms with Gasteiger partial charge in [0.1, 0.15) is 0 Å². The molecule has 52 heavy (non-hydrogen) atoms. The van der Waals surface area contributed by atoms with Crippen molar-refractivity contribution in [2.45, 2.75) is 105 Å². The molecule has 0 amide bonds. The number of rotatable bonds is 2. The lowest BCUT2D eigenvalue weighted by Crippen LogP contribution is -2.11. The van der Waals surface area contributed by atoms with Crippen LogP contribution in [0.2, 0.25) is 10.0 Å². The maximum atomic E-state index is 5.98. The Morgan fingerprint density at radius 3 is 1.19 bits per heavy atom. The second kappa shape index (κ2) is 19.9. The smallest absolute Gasteiger partial charge is 0.0562 e. The average Bonchev–Trinajstić information content (AvgIpc) is 3.04. The molecular weight excluding hydrogens is 807 g/mol. The third kappa shape index (κ3) is 15.2. The highest BCUT2D eigenvalue weighted by molar-refractivity contribution is 9.10. The lowest BCUT2D eigenvalue weighted by molar-refractivity contribution is 0.589. The van der Waals surface area contributed by atoms with Crippen molar-refractivity contribution in [3.8, 4) is 24.7 Å². The molecule has 0 unspecified atom stereocenters. The molecular formula is C48H56Br2Cl2. The molecule has 4 aromatic rings. The molecule has 0 N–H and O–H groups in total.